The number of thiophene rings is 1. The Bertz CT molecular complexity index is 1450. The Kier molecular flexibility index (Phi) is 9.50. The molecule has 0 bridgehead atoms. The van der Waals surface area contributed by atoms with E-state index in [1.807, 2.05) is 36.4 Å². The first kappa shape index (κ1) is 33.4. The van der Waals surface area contributed by atoms with E-state index in [2.05, 4.69) is 27.7 Å². The van der Waals surface area contributed by atoms with Crippen molar-refractivity contribution in [3.8, 4) is 10.4 Å². The molecule has 11 atom stereocenters. The van der Waals surface area contributed by atoms with Crippen molar-refractivity contribution >= 4 is 27.0 Å². The number of aliphatic hydroxyl groups is 2. The molecule has 4 fully saturated rings. The number of ketones is 1. The van der Waals surface area contributed by atoms with Gasteiger partial charge in [-0.2, -0.15) is 0 Å². The number of aliphatic hydroxyl groups excluding tert-OH is 2. The van der Waals surface area contributed by atoms with Gasteiger partial charge in [0.05, 0.1) is 12.2 Å². The van der Waals surface area contributed by atoms with Gasteiger partial charge in [0.25, 0.3) is 0 Å². The van der Waals surface area contributed by atoms with Crippen LogP contribution in [0.3, 0.4) is 0 Å². The lowest BCUT2D eigenvalue weighted by Crippen LogP contribution is -2.62. The van der Waals surface area contributed by atoms with Crippen molar-refractivity contribution in [2.24, 2.45) is 52.3 Å². The van der Waals surface area contributed by atoms with E-state index < -0.39 is 15.6 Å². The van der Waals surface area contributed by atoms with Gasteiger partial charge in [0.15, 0.2) is 9.84 Å². The van der Waals surface area contributed by atoms with Gasteiger partial charge < -0.3 is 10.2 Å². The monoisotopic (exact) mass is 654 g/mol. The second kappa shape index (κ2) is 12.8. The predicted octanol–water partition coefficient (Wildman–Crippen LogP) is 8.19. The van der Waals surface area contributed by atoms with Crippen molar-refractivity contribution in [1.82, 2.24) is 0 Å². The summed E-state index contributed by atoms with van der Waals surface area (Å²) in [4.78, 5) is 13.8. The molecular weight excluding hydrogens is 601 g/mol. The van der Waals surface area contributed by atoms with Crippen molar-refractivity contribution in [3.05, 3.63) is 42.5 Å². The minimum atomic E-state index is -3.65. The summed E-state index contributed by atoms with van der Waals surface area (Å²) in [5, 5.41) is 22.5. The quantitative estimate of drug-likeness (QED) is 0.270. The molecule has 4 aliphatic carbocycles. The van der Waals surface area contributed by atoms with E-state index >= 15 is 0 Å². The molecule has 1 aromatic heterocycles. The summed E-state index contributed by atoms with van der Waals surface area (Å²) < 4.78 is 26.4. The lowest BCUT2D eigenvalue weighted by molar-refractivity contribution is -0.203. The van der Waals surface area contributed by atoms with Crippen LogP contribution in [0.15, 0.2) is 46.7 Å². The maximum absolute atomic E-state index is 13.1. The van der Waals surface area contributed by atoms with Crippen LogP contribution in [0.4, 0.5) is 0 Å². The van der Waals surface area contributed by atoms with Gasteiger partial charge in [-0.1, -0.05) is 70.9 Å². The SMILES string of the molecule is CC[C@H]1[C@@H](O)[C@@H]2[C@H](CC[C@]3(C)[C@@H]([C@H](C)CCCC(=O)CS(=O)(=O)c4ccc(-c5ccccc5)s4)CC[C@@H]23)[C@@]2(C)CC[C@@H](O)C[C@@H]12. The molecule has 0 saturated heterocycles. The number of sulfone groups is 1. The van der Waals surface area contributed by atoms with Gasteiger partial charge in [-0.3, -0.25) is 4.79 Å². The average molecular weight is 655 g/mol. The summed E-state index contributed by atoms with van der Waals surface area (Å²) >= 11 is 1.24. The summed E-state index contributed by atoms with van der Waals surface area (Å²) in [5.74, 6) is 2.50. The topological polar surface area (TPSA) is 91.7 Å². The maximum atomic E-state index is 13.1. The van der Waals surface area contributed by atoms with Crippen LogP contribution in [-0.4, -0.2) is 42.4 Å². The van der Waals surface area contributed by atoms with E-state index in [-0.39, 0.29) is 38.9 Å². The lowest BCUT2D eigenvalue weighted by Gasteiger charge is -2.64. The predicted molar refractivity (Wildman–Crippen MR) is 182 cm³/mol. The van der Waals surface area contributed by atoms with Gasteiger partial charge in [0.1, 0.15) is 15.7 Å². The number of carbonyl (C=O) groups excluding carboxylic acids is 1. The first-order valence-electron chi connectivity index (χ1n) is 17.6. The van der Waals surface area contributed by atoms with Crippen molar-refractivity contribution in [2.75, 3.05) is 5.75 Å². The highest BCUT2D eigenvalue weighted by molar-refractivity contribution is 7.94. The van der Waals surface area contributed by atoms with Gasteiger partial charge >= 0.3 is 0 Å². The molecule has 1 heterocycles. The molecule has 4 aliphatic rings. The number of rotatable bonds is 10. The summed E-state index contributed by atoms with van der Waals surface area (Å²) in [6.45, 7) is 9.56. The zero-order valence-electron chi connectivity index (χ0n) is 27.7. The molecule has 0 unspecified atom stereocenters. The zero-order chi connectivity index (χ0) is 32.1. The fourth-order valence-corrected chi connectivity index (χ4v) is 14.0. The fraction of sp³-hybridized carbons (Fsp3) is 0.711. The lowest BCUT2D eigenvalue weighted by atomic mass is 9.41. The summed E-state index contributed by atoms with van der Waals surface area (Å²) in [6, 6.07) is 13.2. The Labute approximate surface area is 275 Å². The van der Waals surface area contributed by atoms with Crippen LogP contribution in [-0.2, 0) is 14.6 Å². The van der Waals surface area contributed by atoms with E-state index in [4.69, 9.17) is 0 Å². The molecule has 2 aromatic rings. The van der Waals surface area contributed by atoms with Gasteiger partial charge in [-0.05, 0) is 121 Å². The van der Waals surface area contributed by atoms with Gasteiger partial charge in [0, 0.05) is 11.3 Å². The standard InChI is InChI=1S/C38H54O5S2/c1-5-28-32-22-26(39)18-20-38(32,4)31-19-21-37(3)29(14-15-30(37)35(31)36(28)41)24(2)10-9-13-27(40)23-45(42,43)34-17-16-33(44-34)25-11-7-6-8-12-25/h6-8,11-12,16-17,24,26,28-32,35-36,39,41H,5,9-10,13-15,18-23H2,1-4H3/t24-,26-,28-,29-,30+,31+,32+,35+,36-,37-,38-/m1/s1. The molecule has 1 aromatic carbocycles. The number of Topliss-reactive ketones (excluding diaryl/α,β-unsaturated/α-hetero) is 1. The molecule has 248 valence electrons. The van der Waals surface area contributed by atoms with E-state index in [9.17, 15) is 23.4 Å². The fourth-order valence-electron chi connectivity index (χ4n) is 11.4. The van der Waals surface area contributed by atoms with Gasteiger partial charge in [0.2, 0.25) is 0 Å². The second-order valence-corrected chi connectivity index (χ2v) is 19.1. The summed E-state index contributed by atoms with van der Waals surface area (Å²) in [5.41, 5.74) is 1.39. The third-order valence-corrected chi connectivity index (χ3v) is 17.0. The number of benzene rings is 1. The number of fused-ring (bicyclic) bond motifs is 5. The molecule has 0 radical (unpaired) electrons. The average Bonchev–Trinajstić information content (AvgIpc) is 3.64. The molecule has 5 nitrogen and oxygen atoms in total. The van der Waals surface area contributed by atoms with Crippen LogP contribution in [0.5, 0.6) is 0 Å². The molecule has 0 spiro atoms. The largest absolute Gasteiger partial charge is 0.393 e. The minimum Gasteiger partial charge on any atom is -0.393 e. The highest BCUT2D eigenvalue weighted by Crippen LogP contribution is 2.69. The summed E-state index contributed by atoms with van der Waals surface area (Å²) in [6.07, 6.45) is 9.98. The van der Waals surface area contributed by atoms with E-state index in [1.54, 1.807) is 6.07 Å². The van der Waals surface area contributed by atoms with Crippen molar-refractivity contribution in [3.63, 3.8) is 0 Å². The first-order valence-corrected chi connectivity index (χ1v) is 20.1. The van der Waals surface area contributed by atoms with E-state index in [1.165, 1.54) is 37.0 Å². The molecule has 7 heteroatoms. The van der Waals surface area contributed by atoms with Crippen molar-refractivity contribution < 1.29 is 23.4 Å². The van der Waals surface area contributed by atoms with Crippen LogP contribution in [0.2, 0.25) is 0 Å². The minimum absolute atomic E-state index is 0.191. The molecule has 6 rings (SSSR count). The molecule has 0 aliphatic heterocycles. The van der Waals surface area contributed by atoms with Crippen molar-refractivity contribution in [1.29, 1.82) is 0 Å². The second-order valence-electron chi connectivity index (χ2n) is 15.8. The Morgan fingerprint density at radius 1 is 0.956 bits per heavy atom. The molecule has 0 amide bonds. The van der Waals surface area contributed by atoms with Crippen LogP contribution in [0.1, 0.15) is 98.3 Å². The van der Waals surface area contributed by atoms with Crippen LogP contribution in [0, 0.1) is 52.3 Å². The molecule has 4 saturated carbocycles. The Balaban J connectivity index is 1.06. The third-order valence-electron chi connectivity index (χ3n) is 13.6. The Morgan fingerprint density at radius 3 is 2.40 bits per heavy atom. The van der Waals surface area contributed by atoms with Gasteiger partial charge in [-0.25, -0.2) is 8.42 Å². The number of hydrogen-bond donors (Lipinski definition) is 2. The zero-order valence-corrected chi connectivity index (χ0v) is 29.3. The summed E-state index contributed by atoms with van der Waals surface area (Å²) in [7, 11) is -3.65. The number of hydrogen-bond acceptors (Lipinski definition) is 6. The Morgan fingerprint density at radius 2 is 1.67 bits per heavy atom. The van der Waals surface area contributed by atoms with E-state index in [0.29, 0.717) is 41.9 Å². The van der Waals surface area contributed by atoms with Crippen LogP contribution < -0.4 is 0 Å². The first-order chi connectivity index (χ1) is 21.4. The smallest absolute Gasteiger partial charge is 0.194 e. The van der Waals surface area contributed by atoms with Gasteiger partial charge in [-0.15, -0.1) is 11.3 Å². The highest BCUT2D eigenvalue weighted by Gasteiger charge is 2.64. The van der Waals surface area contributed by atoms with Crippen LogP contribution >= 0.6 is 11.3 Å². The maximum Gasteiger partial charge on any atom is 0.194 e. The van der Waals surface area contributed by atoms with E-state index in [0.717, 1.165) is 49.0 Å². The molecule has 2 N–H and O–H groups in total. The third kappa shape index (κ3) is 6.02. The highest BCUT2D eigenvalue weighted by atomic mass is 32.2. The number of carbonyl (C=O) groups is 1. The van der Waals surface area contributed by atoms with Crippen LogP contribution in [0.25, 0.3) is 10.4 Å². The normalized spacial score (nSPS) is 38.6. The molecule has 45 heavy (non-hydrogen) atoms. The molecular formula is C38H54O5S2. The Hall–Kier alpha value is -1.54. The van der Waals surface area contributed by atoms with Crippen molar-refractivity contribution in [2.45, 2.75) is 115 Å².